The molecule has 1 atom stereocenters. The van der Waals surface area contributed by atoms with E-state index < -0.39 is 0 Å². The van der Waals surface area contributed by atoms with Crippen LogP contribution in [0, 0.1) is 0 Å². The topological polar surface area (TPSA) is 82.0 Å². The Morgan fingerprint density at radius 3 is 2.83 bits per heavy atom. The first kappa shape index (κ1) is 18.4. The van der Waals surface area contributed by atoms with Crippen molar-refractivity contribution in [3.05, 3.63) is 35.7 Å². The van der Waals surface area contributed by atoms with Crippen LogP contribution in [0.15, 0.2) is 24.4 Å². The largest absolute Gasteiger partial charge is 0.454 e. The van der Waals surface area contributed by atoms with E-state index in [1.165, 1.54) is 5.56 Å². The molecule has 9 heteroatoms. The van der Waals surface area contributed by atoms with Gasteiger partial charge in [-0.1, -0.05) is 11.3 Å². The fourth-order valence-electron chi connectivity index (χ4n) is 4.05. The average Bonchev–Trinajstić information content (AvgIpc) is 3.50. The first-order valence-corrected chi connectivity index (χ1v) is 10.2. The van der Waals surface area contributed by atoms with E-state index in [1.54, 1.807) is 10.9 Å². The van der Waals surface area contributed by atoms with Crippen molar-refractivity contribution < 1.29 is 19.0 Å². The number of fused-ring (bicyclic) bond motifs is 1. The third-order valence-corrected chi connectivity index (χ3v) is 5.68. The molecule has 0 N–H and O–H groups in total. The number of aromatic nitrogens is 3. The van der Waals surface area contributed by atoms with Gasteiger partial charge in [0.25, 0.3) is 5.91 Å². The number of piperazine rings is 1. The quantitative estimate of drug-likeness (QED) is 0.746. The lowest BCUT2D eigenvalue weighted by molar-refractivity contribution is 0.0622. The molecular formula is C20H25N5O4. The summed E-state index contributed by atoms with van der Waals surface area (Å²) in [6.45, 7) is 5.60. The molecule has 0 spiro atoms. The summed E-state index contributed by atoms with van der Waals surface area (Å²) in [6, 6.07) is 6.06. The molecule has 1 amide bonds. The smallest absolute Gasteiger partial charge is 0.276 e. The molecule has 5 rings (SSSR count). The minimum atomic E-state index is -0.0497. The maximum Gasteiger partial charge on any atom is 0.276 e. The van der Waals surface area contributed by atoms with Crippen LogP contribution in [0.5, 0.6) is 11.5 Å². The Balaban J connectivity index is 1.13. The lowest BCUT2D eigenvalue weighted by atomic mass is 10.1. The van der Waals surface area contributed by atoms with Crippen LogP contribution in [0.1, 0.15) is 28.9 Å². The Labute approximate surface area is 169 Å². The molecule has 0 saturated carbocycles. The first-order valence-electron chi connectivity index (χ1n) is 10.2. The Bertz CT molecular complexity index is 872. The van der Waals surface area contributed by atoms with E-state index in [4.69, 9.17) is 14.2 Å². The fraction of sp³-hybridized carbons (Fsp3) is 0.550. The Kier molecular flexibility index (Phi) is 5.07. The monoisotopic (exact) mass is 399 g/mol. The molecule has 2 saturated heterocycles. The van der Waals surface area contributed by atoms with Gasteiger partial charge in [0.05, 0.1) is 18.8 Å². The molecule has 154 valence electrons. The van der Waals surface area contributed by atoms with E-state index in [1.807, 2.05) is 17.0 Å². The molecule has 3 aliphatic heterocycles. The number of hydrogen-bond acceptors (Lipinski definition) is 7. The number of carbonyl (C=O) groups excluding carboxylic acids is 1. The predicted octanol–water partition coefficient (Wildman–Crippen LogP) is 1.14. The zero-order valence-electron chi connectivity index (χ0n) is 16.3. The van der Waals surface area contributed by atoms with E-state index >= 15 is 0 Å². The molecule has 4 heterocycles. The van der Waals surface area contributed by atoms with Crippen molar-refractivity contribution in [3.8, 4) is 11.5 Å². The molecule has 1 aromatic carbocycles. The number of rotatable bonds is 5. The highest BCUT2D eigenvalue weighted by Crippen LogP contribution is 2.32. The van der Waals surface area contributed by atoms with Gasteiger partial charge >= 0.3 is 0 Å². The highest BCUT2D eigenvalue weighted by atomic mass is 16.7. The van der Waals surface area contributed by atoms with Gasteiger partial charge in [-0.3, -0.25) is 9.69 Å². The number of nitrogens with zero attached hydrogens (tertiary/aromatic N) is 5. The minimum Gasteiger partial charge on any atom is -0.454 e. The molecule has 29 heavy (non-hydrogen) atoms. The van der Waals surface area contributed by atoms with Gasteiger partial charge in [0.2, 0.25) is 6.79 Å². The molecule has 2 aromatic rings. The third-order valence-electron chi connectivity index (χ3n) is 5.68. The summed E-state index contributed by atoms with van der Waals surface area (Å²) < 4.78 is 18.2. The van der Waals surface area contributed by atoms with Gasteiger partial charge in [0, 0.05) is 39.3 Å². The average molecular weight is 399 g/mol. The van der Waals surface area contributed by atoms with Crippen molar-refractivity contribution in [3.63, 3.8) is 0 Å². The van der Waals surface area contributed by atoms with Gasteiger partial charge in [-0.25, -0.2) is 4.68 Å². The van der Waals surface area contributed by atoms with E-state index in [-0.39, 0.29) is 18.8 Å². The van der Waals surface area contributed by atoms with Crippen LogP contribution in [-0.2, 0) is 17.8 Å². The number of hydrogen-bond donors (Lipinski definition) is 0. The van der Waals surface area contributed by atoms with Crippen LogP contribution in [0.4, 0.5) is 0 Å². The van der Waals surface area contributed by atoms with Crippen molar-refractivity contribution >= 4 is 5.91 Å². The molecule has 0 unspecified atom stereocenters. The Morgan fingerprint density at radius 1 is 1.14 bits per heavy atom. The summed E-state index contributed by atoms with van der Waals surface area (Å²) in [5.74, 6) is 1.56. The van der Waals surface area contributed by atoms with Crippen molar-refractivity contribution in [2.24, 2.45) is 0 Å². The highest BCUT2D eigenvalue weighted by Gasteiger charge is 2.25. The van der Waals surface area contributed by atoms with Gasteiger partial charge in [-0.05, 0) is 30.5 Å². The Morgan fingerprint density at radius 2 is 2.00 bits per heavy atom. The second kappa shape index (κ2) is 8.00. The number of benzene rings is 1. The zero-order valence-corrected chi connectivity index (χ0v) is 16.3. The van der Waals surface area contributed by atoms with Crippen molar-refractivity contribution in [2.45, 2.75) is 32.0 Å². The zero-order chi connectivity index (χ0) is 19.6. The summed E-state index contributed by atoms with van der Waals surface area (Å²) in [5.41, 5.74) is 1.60. The minimum absolute atomic E-state index is 0.0497. The van der Waals surface area contributed by atoms with Crippen molar-refractivity contribution in [1.29, 1.82) is 0 Å². The Hall–Kier alpha value is -2.65. The van der Waals surface area contributed by atoms with E-state index in [9.17, 15) is 4.79 Å². The van der Waals surface area contributed by atoms with Gasteiger partial charge in [0.15, 0.2) is 17.2 Å². The van der Waals surface area contributed by atoms with Gasteiger partial charge < -0.3 is 19.1 Å². The standard InChI is InChI=1S/C20H25N5O4/c26-20(17-13-25(22-21-17)12-16-2-1-9-27-16)24-7-5-23(6-8-24)11-15-3-4-18-19(10-15)29-14-28-18/h3-4,10,13,16H,1-2,5-9,11-12,14H2/t16-/m1/s1. The van der Waals surface area contributed by atoms with Crippen LogP contribution >= 0.6 is 0 Å². The number of carbonyl (C=O) groups is 1. The summed E-state index contributed by atoms with van der Waals surface area (Å²) in [5, 5.41) is 8.18. The lowest BCUT2D eigenvalue weighted by Crippen LogP contribution is -2.48. The van der Waals surface area contributed by atoms with E-state index in [0.717, 1.165) is 50.6 Å². The van der Waals surface area contributed by atoms with Crippen LogP contribution < -0.4 is 9.47 Å². The first-order chi connectivity index (χ1) is 14.2. The SMILES string of the molecule is O=C(c1cn(C[C@H]2CCCO2)nn1)N1CCN(Cc2ccc3c(c2)OCO3)CC1. The molecule has 0 bridgehead atoms. The van der Waals surface area contributed by atoms with Gasteiger partial charge in [-0.2, -0.15) is 0 Å². The van der Waals surface area contributed by atoms with Gasteiger partial charge in [0.1, 0.15) is 0 Å². The second-order valence-corrected chi connectivity index (χ2v) is 7.72. The third kappa shape index (κ3) is 4.06. The maximum atomic E-state index is 12.8. The van der Waals surface area contributed by atoms with Crippen molar-refractivity contribution in [2.75, 3.05) is 39.6 Å². The predicted molar refractivity (Wildman–Crippen MR) is 103 cm³/mol. The molecule has 0 aliphatic carbocycles. The normalized spacial score (nSPS) is 21.7. The van der Waals surface area contributed by atoms with E-state index in [2.05, 4.69) is 21.3 Å². The van der Waals surface area contributed by atoms with E-state index in [0.29, 0.717) is 25.3 Å². The fourth-order valence-corrected chi connectivity index (χ4v) is 4.05. The number of amides is 1. The highest BCUT2D eigenvalue weighted by molar-refractivity contribution is 5.92. The molecule has 1 aromatic heterocycles. The molecule has 0 radical (unpaired) electrons. The molecular weight excluding hydrogens is 374 g/mol. The summed E-state index contributed by atoms with van der Waals surface area (Å²) in [6.07, 6.45) is 4.04. The van der Waals surface area contributed by atoms with Crippen LogP contribution in [-0.4, -0.2) is 76.4 Å². The van der Waals surface area contributed by atoms with Crippen LogP contribution in [0.25, 0.3) is 0 Å². The molecule has 3 aliphatic rings. The number of ether oxygens (including phenoxy) is 3. The summed E-state index contributed by atoms with van der Waals surface area (Å²) in [7, 11) is 0. The van der Waals surface area contributed by atoms with Gasteiger partial charge in [-0.15, -0.1) is 5.10 Å². The van der Waals surface area contributed by atoms with Crippen LogP contribution in [0.3, 0.4) is 0 Å². The van der Waals surface area contributed by atoms with Crippen molar-refractivity contribution in [1.82, 2.24) is 24.8 Å². The lowest BCUT2D eigenvalue weighted by Gasteiger charge is -2.34. The van der Waals surface area contributed by atoms with Crippen LogP contribution in [0.2, 0.25) is 0 Å². The summed E-state index contributed by atoms with van der Waals surface area (Å²) >= 11 is 0. The summed E-state index contributed by atoms with van der Waals surface area (Å²) in [4.78, 5) is 17.0. The molecule has 9 nitrogen and oxygen atoms in total. The maximum absolute atomic E-state index is 12.8. The molecule has 2 fully saturated rings. The second-order valence-electron chi connectivity index (χ2n) is 7.72.